The lowest BCUT2D eigenvalue weighted by Gasteiger charge is -2.26. The van der Waals surface area contributed by atoms with Crippen molar-refractivity contribution < 1.29 is 18.0 Å². The fourth-order valence-electron chi connectivity index (χ4n) is 3.91. The first-order valence-electron chi connectivity index (χ1n) is 10.2. The second kappa shape index (κ2) is 8.18. The van der Waals surface area contributed by atoms with Gasteiger partial charge in [0.25, 0.3) is 5.91 Å². The van der Waals surface area contributed by atoms with E-state index in [1.807, 2.05) is 0 Å². The van der Waals surface area contributed by atoms with Crippen molar-refractivity contribution in [1.82, 2.24) is 20.0 Å². The van der Waals surface area contributed by atoms with Crippen molar-refractivity contribution in [3.05, 3.63) is 47.3 Å². The Bertz CT molecular complexity index is 867. The molecule has 2 heterocycles. The van der Waals surface area contributed by atoms with Crippen molar-refractivity contribution in [2.45, 2.75) is 44.2 Å². The summed E-state index contributed by atoms with van der Waals surface area (Å²) in [5.74, 6) is -0.0444. The van der Waals surface area contributed by atoms with E-state index < -0.39 is 11.7 Å². The van der Waals surface area contributed by atoms with Crippen LogP contribution in [0.15, 0.2) is 30.5 Å². The van der Waals surface area contributed by atoms with Crippen LogP contribution in [0.4, 0.5) is 13.2 Å². The van der Waals surface area contributed by atoms with Crippen LogP contribution in [0, 0.1) is 0 Å². The van der Waals surface area contributed by atoms with E-state index in [1.54, 1.807) is 6.07 Å². The number of hydrogen-bond donors (Lipinski definition) is 1. The fraction of sp³-hybridized carbons (Fsp3) is 0.524. The van der Waals surface area contributed by atoms with Crippen molar-refractivity contribution >= 4 is 5.91 Å². The zero-order chi connectivity index (χ0) is 20.4. The number of amides is 1. The van der Waals surface area contributed by atoms with E-state index in [4.69, 9.17) is 0 Å². The van der Waals surface area contributed by atoms with Gasteiger partial charge in [0.15, 0.2) is 0 Å². The Labute approximate surface area is 167 Å². The van der Waals surface area contributed by atoms with Gasteiger partial charge in [0.2, 0.25) is 0 Å². The highest BCUT2D eigenvalue weighted by Gasteiger charge is 2.34. The zero-order valence-electron chi connectivity index (χ0n) is 16.2. The molecular weight excluding hydrogens is 381 g/mol. The van der Waals surface area contributed by atoms with Gasteiger partial charge in [-0.15, -0.1) is 0 Å². The lowest BCUT2D eigenvalue weighted by Crippen LogP contribution is -2.37. The summed E-state index contributed by atoms with van der Waals surface area (Å²) in [6.45, 7) is 3.50. The van der Waals surface area contributed by atoms with Crippen molar-refractivity contribution in [2.75, 3.05) is 26.2 Å². The molecule has 8 heteroatoms. The van der Waals surface area contributed by atoms with Gasteiger partial charge < -0.3 is 10.2 Å². The molecule has 1 aromatic heterocycles. The Kier molecular flexibility index (Phi) is 5.63. The maximum Gasteiger partial charge on any atom is 0.416 e. The molecule has 1 N–H and O–H groups in total. The molecule has 29 heavy (non-hydrogen) atoms. The third-order valence-electron chi connectivity index (χ3n) is 5.60. The van der Waals surface area contributed by atoms with E-state index in [9.17, 15) is 18.0 Å². The highest BCUT2D eigenvalue weighted by atomic mass is 19.4. The topological polar surface area (TPSA) is 50.2 Å². The molecule has 1 amide bonds. The summed E-state index contributed by atoms with van der Waals surface area (Å²) < 4.78 is 40.7. The minimum Gasteiger partial charge on any atom is -0.351 e. The van der Waals surface area contributed by atoms with Crippen LogP contribution in [0.3, 0.4) is 0 Å². The monoisotopic (exact) mass is 406 g/mol. The lowest BCUT2D eigenvalue weighted by atomic mass is 10.1. The minimum absolute atomic E-state index is 0.162. The number of nitrogens with one attached hydrogen (secondary N) is 1. The fourth-order valence-corrected chi connectivity index (χ4v) is 3.91. The third-order valence-corrected chi connectivity index (χ3v) is 5.60. The van der Waals surface area contributed by atoms with Crippen LogP contribution >= 0.6 is 0 Å². The first kappa shape index (κ1) is 19.9. The summed E-state index contributed by atoms with van der Waals surface area (Å²) in [6, 6.07) is 5.08. The SMILES string of the molecule is O=C(NCCN1CCCCC1)c1cnn(-c2cccc(C(F)(F)F)c2)c1C1CC1. The van der Waals surface area contributed by atoms with Crippen LogP contribution in [0.5, 0.6) is 0 Å². The molecule has 0 unspecified atom stereocenters. The quantitative estimate of drug-likeness (QED) is 0.789. The Balaban J connectivity index is 1.50. The smallest absolute Gasteiger partial charge is 0.351 e. The average molecular weight is 406 g/mol. The second-order valence-electron chi connectivity index (χ2n) is 7.84. The number of rotatable bonds is 6. The molecule has 1 aliphatic carbocycles. The molecule has 0 spiro atoms. The molecular formula is C21H25F3N4O. The molecule has 1 aliphatic heterocycles. The largest absolute Gasteiger partial charge is 0.416 e. The molecule has 1 saturated heterocycles. The molecule has 2 fully saturated rings. The van der Waals surface area contributed by atoms with E-state index in [2.05, 4.69) is 15.3 Å². The summed E-state index contributed by atoms with van der Waals surface area (Å²) in [5.41, 5.74) is 0.775. The molecule has 1 aromatic carbocycles. The van der Waals surface area contributed by atoms with Crippen molar-refractivity contribution in [2.24, 2.45) is 0 Å². The van der Waals surface area contributed by atoms with Gasteiger partial charge in [-0.05, 0) is 57.0 Å². The Hall–Kier alpha value is -2.35. The van der Waals surface area contributed by atoms with Crippen molar-refractivity contribution in [3.8, 4) is 5.69 Å². The number of halogens is 3. The normalized spacial score (nSPS) is 18.0. The predicted molar refractivity (Wildman–Crippen MR) is 103 cm³/mol. The van der Waals surface area contributed by atoms with Crippen LogP contribution in [0.25, 0.3) is 5.69 Å². The number of alkyl halides is 3. The Morgan fingerprint density at radius 2 is 1.93 bits per heavy atom. The van der Waals surface area contributed by atoms with Gasteiger partial charge in [-0.2, -0.15) is 18.3 Å². The summed E-state index contributed by atoms with van der Waals surface area (Å²) >= 11 is 0. The summed E-state index contributed by atoms with van der Waals surface area (Å²) in [4.78, 5) is 15.1. The van der Waals surface area contributed by atoms with Crippen LogP contribution in [-0.2, 0) is 6.18 Å². The first-order chi connectivity index (χ1) is 13.9. The molecule has 0 bridgehead atoms. The van der Waals surface area contributed by atoms with E-state index >= 15 is 0 Å². The minimum atomic E-state index is -4.42. The number of nitrogens with zero attached hydrogens (tertiary/aromatic N) is 3. The average Bonchev–Trinajstić information content (AvgIpc) is 3.46. The van der Waals surface area contributed by atoms with E-state index in [-0.39, 0.29) is 11.8 Å². The van der Waals surface area contributed by atoms with E-state index in [0.717, 1.165) is 44.6 Å². The van der Waals surface area contributed by atoms with Crippen molar-refractivity contribution in [3.63, 3.8) is 0 Å². The van der Waals surface area contributed by atoms with Crippen LogP contribution < -0.4 is 5.32 Å². The highest BCUT2D eigenvalue weighted by molar-refractivity contribution is 5.95. The highest BCUT2D eigenvalue weighted by Crippen LogP contribution is 2.42. The molecule has 0 radical (unpaired) electrons. The van der Waals surface area contributed by atoms with Crippen LogP contribution in [0.2, 0.25) is 0 Å². The molecule has 2 aliphatic rings. The Morgan fingerprint density at radius 3 is 2.62 bits per heavy atom. The van der Waals surface area contributed by atoms with Gasteiger partial charge in [-0.1, -0.05) is 12.5 Å². The molecule has 5 nitrogen and oxygen atoms in total. The van der Waals surface area contributed by atoms with Crippen molar-refractivity contribution in [1.29, 1.82) is 0 Å². The maximum absolute atomic E-state index is 13.1. The van der Waals surface area contributed by atoms with Gasteiger partial charge in [-0.3, -0.25) is 4.79 Å². The molecule has 0 atom stereocenters. The number of hydrogen-bond acceptors (Lipinski definition) is 3. The van der Waals surface area contributed by atoms with Crippen LogP contribution in [-0.4, -0.2) is 46.8 Å². The number of benzene rings is 1. The standard InChI is InChI=1S/C21H25F3N4O/c22-21(23,24)16-5-4-6-17(13-16)28-19(15-7-8-15)18(14-26-28)20(29)25-9-12-27-10-2-1-3-11-27/h4-6,13-15H,1-3,7-12H2,(H,25,29). The maximum atomic E-state index is 13.1. The molecule has 4 rings (SSSR count). The molecule has 2 aromatic rings. The second-order valence-corrected chi connectivity index (χ2v) is 7.84. The number of carbonyl (C=O) groups is 1. The third kappa shape index (κ3) is 4.63. The van der Waals surface area contributed by atoms with Gasteiger partial charge in [0, 0.05) is 19.0 Å². The number of carbonyl (C=O) groups excluding carboxylic acids is 1. The molecule has 1 saturated carbocycles. The number of aromatic nitrogens is 2. The van der Waals surface area contributed by atoms with E-state index in [0.29, 0.717) is 23.5 Å². The zero-order valence-corrected chi connectivity index (χ0v) is 16.2. The number of piperidine rings is 1. The predicted octanol–water partition coefficient (Wildman–Crippen LogP) is 3.98. The van der Waals surface area contributed by atoms with Gasteiger partial charge in [0.1, 0.15) is 0 Å². The summed E-state index contributed by atoms with van der Waals surface area (Å²) in [5, 5.41) is 7.22. The summed E-state index contributed by atoms with van der Waals surface area (Å²) in [6.07, 6.45) is 2.55. The van der Waals surface area contributed by atoms with Crippen LogP contribution in [0.1, 0.15) is 59.6 Å². The van der Waals surface area contributed by atoms with Gasteiger partial charge in [0.05, 0.1) is 28.7 Å². The first-order valence-corrected chi connectivity index (χ1v) is 10.2. The van der Waals surface area contributed by atoms with Gasteiger partial charge in [-0.25, -0.2) is 4.68 Å². The number of likely N-dealkylation sites (tertiary alicyclic amines) is 1. The Morgan fingerprint density at radius 1 is 1.17 bits per heavy atom. The lowest BCUT2D eigenvalue weighted by molar-refractivity contribution is -0.137. The summed E-state index contributed by atoms with van der Waals surface area (Å²) in [7, 11) is 0. The van der Waals surface area contributed by atoms with E-state index in [1.165, 1.54) is 36.2 Å². The molecule has 156 valence electrons. The van der Waals surface area contributed by atoms with Gasteiger partial charge >= 0.3 is 6.18 Å².